The van der Waals surface area contributed by atoms with Gasteiger partial charge in [-0.1, -0.05) is 24.6 Å². The van der Waals surface area contributed by atoms with Gasteiger partial charge in [0, 0.05) is 12.8 Å². The molecule has 3 aliphatic rings. The molecule has 1 aromatic rings. The van der Waals surface area contributed by atoms with E-state index in [1.54, 1.807) is 24.3 Å². The highest BCUT2D eigenvalue weighted by Crippen LogP contribution is 2.45. The van der Waals surface area contributed by atoms with Gasteiger partial charge in [-0.05, 0) is 25.0 Å². The van der Waals surface area contributed by atoms with Crippen molar-refractivity contribution in [1.29, 1.82) is 0 Å². The number of carbonyl (C=O) groups is 2. The number of carbonyl (C=O) groups excluding carboxylic acids is 2. The zero-order valence-electron chi connectivity index (χ0n) is 13.3. The summed E-state index contributed by atoms with van der Waals surface area (Å²) in [4.78, 5) is 23.6. The second kappa shape index (κ2) is 6.27. The van der Waals surface area contributed by atoms with Crippen molar-refractivity contribution >= 4 is 12.3 Å². The van der Waals surface area contributed by atoms with Gasteiger partial charge in [0.1, 0.15) is 0 Å². The molecule has 1 aromatic carbocycles. The van der Waals surface area contributed by atoms with Crippen LogP contribution in [0.4, 0.5) is 0 Å². The van der Waals surface area contributed by atoms with Crippen molar-refractivity contribution < 1.29 is 28.5 Å². The van der Waals surface area contributed by atoms with Crippen LogP contribution in [0.25, 0.3) is 0 Å². The molecule has 6 heteroatoms. The van der Waals surface area contributed by atoms with Crippen molar-refractivity contribution in [1.82, 2.24) is 0 Å². The Morgan fingerprint density at radius 3 is 2.58 bits per heavy atom. The maximum absolute atomic E-state index is 12.3. The molecule has 4 atom stereocenters. The number of hydrogen-bond acceptors (Lipinski definition) is 6. The van der Waals surface area contributed by atoms with Gasteiger partial charge < -0.3 is 23.7 Å². The normalized spacial score (nSPS) is 34.0. The first-order valence-corrected chi connectivity index (χ1v) is 8.43. The number of hydrogen-bond donors (Lipinski definition) is 0. The lowest BCUT2D eigenvalue weighted by atomic mass is 9.94. The fourth-order valence-corrected chi connectivity index (χ4v) is 3.69. The van der Waals surface area contributed by atoms with E-state index in [1.165, 1.54) is 0 Å². The summed E-state index contributed by atoms with van der Waals surface area (Å²) >= 11 is 0. The molecule has 1 spiro atoms. The first-order valence-electron chi connectivity index (χ1n) is 8.43. The van der Waals surface area contributed by atoms with E-state index in [0.717, 1.165) is 32.1 Å². The lowest BCUT2D eigenvalue weighted by Gasteiger charge is -2.33. The minimum Gasteiger partial charge on any atom is -0.453 e. The topological polar surface area (TPSA) is 71.1 Å². The van der Waals surface area contributed by atoms with E-state index in [1.807, 2.05) is 6.07 Å². The van der Waals surface area contributed by atoms with E-state index in [2.05, 4.69) is 0 Å². The zero-order chi connectivity index (χ0) is 16.6. The van der Waals surface area contributed by atoms with Crippen LogP contribution < -0.4 is 0 Å². The number of rotatable bonds is 3. The smallest absolute Gasteiger partial charge is 0.338 e. The van der Waals surface area contributed by atoms with Crippen molar-refractivity contribution in [2.75, 3.05) is 0 Å². The van der Waals surface area contributed by atoms with Crippen LogP contribution in [-0.2, 0) is 23.7 Å². The molecule has 0 radical (unpaired) electrons. The van der Waals surface area contributed by atoms with Crippen LogP contribution in [0.15, 0.2) is 30.3 Å². The molecule has 24 heavy (non-hydrogen) atoms. The molecular formula is C18H20O6. The van der Waals surface area contributed by atoms with Crippen LogP contribution in [0.5, 0.6) is 0 Å². The summed E-state index contributed by atoms with van der Waals surface area (Å²) in [6.07, 6.45) is 2.59. The highest BCUT2D eigenvalue weighted by atomic mass is 16.8. The van der Waals surface area contributed by atoms with Gasteiger partial charge in [-0.15, -0.1) is 0 Å². The Morgan fingerprint density at radius 1 is 1.12 bits per heavy atom. The van der Waals surface area contributed by atoms with E-state index in [9.17, 15) is 9.59 Å². The second-order valence-corrected chi connectivity index (χ2v) is 6.51. The van der Waals surface area contributed by atoms with Crippen LogP contribution in [0.1, 0.15) is 42.5 Å². The Balaban J connectivity index is 1.50. The summed E-state index contributed by atoms with van der Waals surface area (Å²) in [6.45, 7) is 0. The first kappa shape index (κ1) is 15.7. The lowest BCUT2D eigenvalue weighted by molar-refractivity contribution is -0.242. The van der Waals surface area contributed by atoms with Crippen LogP contribution >= 0.6 is 0 Å². The van der Waals surface area contributed by atoms with Crippen molar-refractivity contribution in [3.8, 4) is 0 Å². The van der Waals surface area contributed by atoms with E-state index in [0.29, 0.717) is 11.8 Å². The average Bonchev–Trinajstić information content (AvgIpc) is 3.11. The Hall–Kier alpha value is -1.76. The lowest BCUT2D eigenvalue weighted by Crippen LogP contribution is -2.41. The number of benzene rings is 1. The van der Waals surface area contributed by atoms with E-state index in [-0.39, 0.29) is 0 Å². The van der Waals surface area contributed by atoms with E-state index < -0.39 is 36.4 Å². The Kier molecular flexibility index (Phi) is 4.12. The summed E-state index contributed by atoms with van der Waals surface area (Å²) < 4.78 is 23.2. The maximum Gasteiger partial charge on any atom is 0.338 e. The SMILES string of the molecule is O=C[C@H]1O[C@@H]2OC3(CCCCC3)O[C@@H]2[C@H]1OC(=O)c1ccccc1. The molecule has 0 amide bonds. The molecular weight excluding hydrogens is 312 g/mol. The molecule has 128 valence electrons. The van der Waals surface area contributed by atoms with E-state index in [4.69, 9.17) is 18.9 Å². The van der Waals surface area contributed by atoms with Gasteiger partial charge in [0.2, 0.25) is 0 Å². The van der Waals surface area contributed by atoms with Gasteiger partial charge in [-0.3, -0.25) is 0 Å². The molecule has 0 N–H and O–H groups in total. The Bertz CT molecular complexity index is 609. The number of esters is 1. The molecule has 0 aromatic heterocycles. The predicted octanol–water partition coefficient (Wildman–Crippen LogP) is 2.21. The second-order valence-electron chi connectivity index (χ2n) is 6.51. The van der Waals surface area contributed by atoms with Crippen molar-refractivity contribution in [2.45, 2.75) is 62.5 Å². The number of fused-ring (bicyclic) bond motifs is 1. The zero-order valence-corrected chi connectivity index (χ0v) is 13.3. The molecule has 4 rings (SSSR count). The van der Waals surface area contributed by atoms with Crippen LogP contribution in [0.2, 0.25) is 0 Å². The third kappa shape index (κ3) is 2.75. The fourth-order valence-electron chi connectivity index (χ4n) is 3.69. The van der Waals surface area contributed by atoms with Crippen molar-refractivity contribution in [3.05, 3.63) is 35.9 Å². The Labute approximate surface area is 140 Å². The van der Waals surface area contributed by atoms with Gasteiger partial charge >= 0.3 is 5.97 Å². The fraction of sp³-hybridized carbons (Fsp3) is 0.556. The highest BCUT2D eigenvalue weighted by Gasteiger charge is 2.59. The summed E-state index contributed by atoms with van der Waals surface area (Å²) in [5.74, 6) is -1.15. The standard InChI is InChI=1S/C18H20O6/c19-11-13-14(22-16(20)12-7-3-1-4-8-12)15-17(21-13)24-18(23-15)9-5-2-6-10-18/h1,3-4,7-8,11,13-15,17H,2,5-6,9-10H2/t13-,14+,15-,17-/m1/s1. The summed E-state index contributed by atoms with van der Waals surface area (Å²) in [5.41, 5.74) is 0.428. The predicted molar refractivity (Wildman–Crippen MR) is 82.1 cm³/mol. The molecule has 0 bridgehead atoms. The number of ether oxygens (including phenoxy) is 4. The van der Waals surface area contributed by atoms with Gasteiger partial charge in [-0.25, -0.2) is 4.79 Å². The van der Waals surface area contributed by atoms with E-state index >= 15 is 0 Å². The number of aldehydes is 1. The molecule has 1 aliphatic carbocycles. The quantitative estimate of drug-likeness (QED) is 0.624. The molecule has 3 fully saturated rings. The third-order valence-corrected chi connectivity index (χ3v) is 4.89. The molecule has 1 saturated carbocycles. The monoisotopic (exact) mass is 332 g/mol. The minimum atomic E-state index is -0.867. The van der Waals surface area contributed by atoms with Crippen LogP contribution in [-0.4, -0.2) is 42.6 Å². The van der Waals surface area contributed by atoms with Crippen molar-refractivity contribution in [3.63, 3.8) is 0 Å². The van der Waals surface area contributed by atoms with Gasteiger partial charge in [0.15, 0.2) is 36.7 Å². The minimum absolute atomic E-state index is 0.428. The molecule has 0 unspecified atom stereocenters. The molecule has 2 heterocycles. The third-order valence-electron chi connectivity index (χ3n) is 4.89. The molecule has 2 aliphatic heterocycles. The Morgan fingerprint density at radius 2 is 1.88 bits per heavy atom. The molecule has 2 saturated heterocycles. The highest BCUT2D eigenvalue weighted by molar-refractivity contribution is 5.89. The average molecular weight is 332 g/mol. The molecule has 6 nitrogen and oxygen atoms in total. The van der Waals surface area contributed by atoms with Gasteiger partial charge in [-0.2, -0.15) is 0 Å². The maximum atomic E-state index is 12.3. The first-order chi connectivity index (χ1) is 11.7. The summed E-state index contributed by atoms with van der Waals surface area (Å²) in [7, 11) is 0. The van der Waals surface area contributed by atoms with Gasteiger partial charge in [0.25, 0.3) is 0 Å². The van der Waals surface area contributed by atoms with Crippen molar-refractivity contribution in [2.24, 2.45) is 0 Å². The summed E-state index contributed by atoms with van der Waals surface area (Å²) in [6, 6.07) is 8.67. The van der Waals surface area contributed by atoms with Gasteiger partial charge in [0.05, 0.1) is 5.56 Å². The largest absolute Gasteiger partial charge is 0.453 e. The summed E-state index contributed by atoms with van der Waals surface area (Å²) in [5, 5.41) is 0. The van der Waals surface area contributed by atoms with Crippen LogP contribution in [0.3, 0.4) is 0 Å². The van der Waals surface area contributed by atoms with Crippen LogP contribution in [0, 0.1) is 0 Å².